The van der Waals surface area contributed by atoms with Crippen molar-refractivity contribution in [1.82, 2.24) is 20.2 Å². The molecule has 1 saturated heterocycles. The average Bonchev–Trinajstić information content (AvgIpc) is 3.40. The molecule has 2 aliphatic rings. The predicted octanol–water partition coefficient (Wildman–Crippen LogP) is 2.34. The van der Waals surface area contributed by atoms with Gasteiger partial charge < -0.3 is 16.0 Å². The molecule has 1 aliphatic heterocycles. The third-order valence-electron chi connectivity index (χ3n) is 7.39. The predicted molar refractivity (Wildman–Crippen MR) is 142 cm³/mol. The number of rotatable bonds is 9. The van der Waals surface area contributed by atoms with Crippen LogP contribution >= 0.6 is 11.3 Å². The van der Waals surface area contributed by atoms with Crippen molar-refractivity contribution in [1.29, 1.82) is 0 Å². The van der Waals surface area contributed by atoms with E-state index in [-0.39, 0.29) is 23.3 Å². The number of hydrogen-bond acceptors (Lipinski definition) is 6. The van der Waals surface area contributed by atoms with E-state index in [1.165, 1.54) is 12.8 Å². The minimum atomic E-state index is -0.503. The van der Waals surface area contributed by atoms with Crippen molar-refractivity contribution in [2.24, 2.45) is 17.2 Å². The molecule has 4 rings (SSSR count). The number of benzene rings is 1. The Bertz CT molecular complexity index is 1060. The summed E-state index contributed by atoms with van der Waals surface area (Å²) in [6.07, 6.45) is 3.87. The topological polar surface area (TPSA) is 119 Å². The molecule has 1 aromatic carbocycles. The zero-order chi connectivity index (χ0) is 26.0. The van der Waals surface area contributed by atoms with E-state index in [9.17, 15) is 9.59 Å². The lowest BCUT2D eigenvalue weighted by molar-refractivity contribution is -0.428. The first-order valence-corrected chi connectivity index (χ1v) is 13.9. The summed E-state index contributed by atoms with van der Waals surface area (Å²) in [5.74, 6) is 6.94. The number of nitrogens with zero attached hydrogens (tertiary/aromatic N) is 3. The molecule has 2 amide bonds. The summed E-state index contributed by atoms with van der Waals surface area (Å²) in [6.45, 7) is 9.70. The average molecular weight is 514 g/mol. The number of aryl methyl sites for hydroxylation is 1. The maximum absolute atomic E-state index is 13.8. The number of likely N-dealkylation sites (tertiary alicyclic amines) is 1. The lowest BCUT2D eigenvalue weighted by atomic mass is 9.85. The van der Waals surface area contributed by atoms with E-state index in [4.69, 9.17) is 5.84 Å². The number of thiazole rings is 1. The van der Waals surface area contributed by atoms with Gasteiger partial charge in [0, 0.05) is 19.0 Å². The minimum Gasteiger partial charge on any atom is -0.354 e. The quantitative estimate of drug-likeness (QED) is 0.351. The lowest BCUT2D eigenvalue weighted by Crippen LogP contribution is -2.70. The van der Waals surface area contributed by atoms with E-state index < -0.39 is 12.1 Å². The Morgan fingerprint density at radius 3 is 2.53 bits per heavy atom. The molecule has 1 aliphatic carbocycles. The number of hydrogen-bond donors (Lipinski definition) is 3. The maximum Gasteiger partial charge on any atom is 0.243 e. The van der Waals surface area contributed by atoms with E-state index in [1.807, 2.05) is 45.3 Å². The van der Waals surface area contributed by atoms with Gasteiger partial charge in [0.1, 0.15) is 18.1 Å². The van der Waals surface area contributed by atoms with Crippen LogP contribution in [0.3, 0.4) is 0 Å². The SMILES string of the molecule is Cc1ncsc1-c1ccc(CNC(=O)[C@@H]2CCCN2C(=O)[C@@H](N(N)CC([NH3+])C2CC2)C(C)(C)C)cc1. The molecular formula is C27H41N6O2S+. The molecule has 0 radical (unpaired) electrons. The maximum atomic E-state index is 13.8. The second-order valence-corrected chi connectivity index (χ2v) is 12.3. The molecule has 2 heterocycles. The molecule has 8 nitrogen and oxygen atoms in total. The monoisotopic (exact) mass is 513 g/mol. The van der Waals surface area contributed by atoms with E-state index in [2.05, 4.69) is 28.2 Å². The van der Waals surface area contributed by atoms with Crippen LogP contribution < -0.4 is 16.9 Å². The first kappa shape index (κ1) is 26.7. The molecule has 0 spiro atoms. The van der Waals surface area contributed by atoms with Crippen LogP contribution in [-0.4, -0.2) is 57.9 Å². The first-order chi connectivity index (χ1) is 17.1. The Hall–Kier alpha value is -2.33. The normalized spacial score (nSPS) is 20.0. The highest BCUT2D eigenvalue weighted by Crippen LogP contribution is 2.33. The summed E-state index contributed by atoms with van der Waals surface area (Å²) < 4.78 is 0. The van der Waals surface area contributed by atoms with Crippen LogP contribution in [0, 0.1) is 18.3 Å². The molecule has 196 valence electrons. The number of quaternary nitrogens is 1. The summed E-state index contributed by atoms with van der Waals surface area (Å²) in [7, 11) is 0. The Morgan fingerprint density at radius 1 is 1.25 bits per heavy atom. The molecule has 1 saturated carbocycles. The zero-order valence-electron chi connectivity index (χ0n) is 22.0. The molecule has 1 unspecified atom stereocenters. The van der Waals surface area contributed by atoms with Gasteiger partial charge in [0.2, 0.25) is 11.8 Å². The van der Waals surface area contributed by atoms with Crippen LogP contribution in [0.25, 0.3) is 10.4 Å². The van der Waals surface area contributed by atoms with Crippen molar-refractivity contribution in [3.8, 4) is 10.4 Å². The van der Waals surface area contributed by atoms with Gasteiger partial charge in [-0.2, -0.15) is 0 Å². The van der Waals surface area contributed by atoms with Crippen LogP contribution in [0.2, 0.25) is 0 Å². The highest BCUT2D eigenvalue weighted by Gasteiger charge is 2.44. The number of aromatic nitrogens is 1. The minimum absolute atomic E-state index is 0.0603. The van der Waals surface area contributed by atoms with Crippen LogP contribution in [-0.2, 0) is 16.1 Å². The summed E-state index contributed by atoms with van der Waals surface area (Å²) >= 11 is 1.63. The molecule has 2 fully saturated rings. The standard InChI is InChI=1S/C27H40N6O2S/c1-17-23(36-16-31-17)20-9-7-18(8-10-20)14-30-25(34)22-6-5-13-32(22)26(35)24(27(2,3)4)33(29)15-21(28)19-11-12-19/h7-10,16,19,21-22,24H,5-6,11-15,28-29H2,1-4H3,(H,30,34)/p+1/t21?,22-,24+/m0/s1. The highest BCUT2D eigenvalue weighted by molar-refractivity contribution is 7.13. The zero-order valence-corrected chi connectivity index (χ0v) is 22.8. The van der Waals surface area contributed by atoms with E-state index >= 15 is 0 Å². The fourth-order valence-electron chi connectivity index (χ4n) is 5.22. The highest BCUT2D eigenvalue weighted by atomic mass is 32.1. The van der Waals surface area contributed by atoms with Crippen LogP contribution in [0.1, 0.15) is 57.7 Å². The molecule has 3 atom stereocenters. The fraction of sp³-hybridized carbons (Fsp3) is 0.593. The summed E-state index contributed by atoms with van der Waals surface area (Å²) in [6, 6.07) is 7.44. The number of carbonyl (C=O) groups excluding carboxylic acids is 2. The molecular weight excluding hydrogens is 472 g/mol. The van der Waals surface area contributed by atoms with Crippen LogP contribution in [0.5, 0.6) is 0 Å². The van der Waals surface area contributed by atoms with Gasteiger partial charge in [-0.25, -0.2) is 9.99 Å². The van der Waals surface area contributed by atoms with E-state index in [1.54, 1.807) is 21.2 Å². The van der Waals surface area contributed by atoms with Gasteiger partial charge in [0.25, 0.3) is 0 Å². The number of nitrogens with two attached hydrogens (primary N) is 1. The van der Waals surface area contributed by atoms with E-state index in [0.717, 1.165) is 28.1 Å². The van der Waals surface area contributed by atoms with Crippen LogP contribution in [0.15, 0.2) is 29.8 Å². The number of carbonyl (C=O) groups is 2. The van der Waals surface area contributed by atoms with Crippen molar-refractivity contribution in [2.45, 2.75) is 78.0 Å². The first-order valence-electron chi connectivity index (χ1n) is 13.0. The summed E-state index contributed by atoms with van der Waals surface area (Å²) in [4.78, 5) is 34.2. The molecule has 2 aromatic rings. The Labute approximate surface area is 218 Å². The van der Waals surface area contributed by atoms with Crippen LogP contribution in [0.4, 0.5) is 0 Å². The third kappa shape index (κ3) is 6.14. The third-order valence-corrected chi connectivity index (χ3v) is 8.36. The molecule has 1 aromatic heterocycles. The summed E-state index contributed by atoms with van der Waals surface area (Å²) in [5, 5.41) is 4.73. The van der Waals surface area contributed by atoms with Crippen molar-refractivity contribution >= 4 is 23.2 Å². The molecule has 9 heteroatoms. The smallest absolute Gasteiger partial charge is 0.243 e. The summed E-state index contributed by atoms with van der Waals surface area (Å²) in [5.41, 5.74) is 8.93. The van der Waals surface area contributed by atoms with Crippen molar-refractivity contribution in [2.75, 3.05) is 13.1 Å². The molecule has 36 heavy (non-hydrogen) atoms. The number of nitrogens with one attached hydrogen (secondary N) is 1. The van der Waals surface area contributed by atoms with Gasteiger partial charge in [-0.1, -0.05) is 45.0 Å². The van der Waals surface area contributed by atoms with Gasteiger partial charge in [0.05, 0.1) is 22.6 Å². The van der Waals surface area contributed by atoms with Gasteiger partial charge in [-0.3, -0.25) is 15.4 Å². The fourth-order valence-corrected chi connectivity index (χ4v) is 6.03. The lowest BCUT2D eigenvalue weighted by Gasteiger charge is -2.40. The van der Waals surface area contributed by atoms with Gasteiger partial charge in [-0.05, 0) is 49.1 Å². The largest absolute Gasteiger partial charge is 0.354 e. The Balaban J connectivity index is 1.38. The second kappa shape index (κ2) is 11.0. The van der Waals surface area contributed by atoms with Crippen molar-refractivity contribution in [3.05, 3.63) is 41.0 Å². The Morgan fingerprint density at radius 2 is 1.94 bits per heavy atom. The van der Waals surface area contributed by atoms with Gasteiger partial charge in [-0.15, -0.1) is 11.3 Å². The number of amides is 2. The van der Waals surface area contributed by atoms with Gasteiger partial charge >= 0.3 is 0 Å². The molecule has 6 N–H and O–H groups in total. The Kier molecular flexibility index (Phi) is 8.14. The number of hydrazine groups is 1. The second-order valence-electron chi connectivity index (χ2n) is 11.4. The van der Waals surface area contributed by atoms with Crippen molar-refractivity contribution < 1.29 is 15.3 Å². The molecule has 0 bridgehead atoms. The van der Waals surface area contributed by atoms with E-state index in [0.29, 0.717) is 32.0 Å². The van der Waals surface area contributed by atoms with Gasteiger partial charge in [0.15, 0.2) is 0 Å². The van der Waals surface area contributed by atoms with Crippen molar-refractivity contribution in [3.63, 3.8) is 0 Å².